The fourth-order valence-corrected chi connectivity index (χ4v) is 3.46. The minimum absolute atomic E-state index is 0.0368. The number of carbonyl (C=O) groups excluding carboxylic acids is 1. The Hall–Kier alpha value is -1.11. The fraction of sp³-hybridized carbons (Fsp3) is 0.500. The van der Waals surface area contributed by atoms with E-state index in [1.54, 1.807) is 13.8 Å². The van der Waals surface area contributed by atoms with Crippen LogP contribution < -0.4 is 5.32 Å². The Morgan fingerprint density at radius 3 is 2.33 bits per heavy atom. The van der Waals surface area contributed by atoms with E-state index in [1.165, 1.54) is 12.1 Å². The van der Waals surface area contributed by atoms with Crippen LogP contribution >= 0.6 is 10.7 Å². The SMILES string of the molecule is Cc1cc(S(=O)(=O)Cl)cc(C)c1NC(=O)C1CCOC1C. The topological polar surface area (TPSA) is 72.5 Å². The van der Waals surface area contributed by atoms with Crippen LogP contribution in [-0.4, -0.2) is 27.0 Å². The average molecular weight is 332 g/mol. The number of amides is 1. The van der Waals surface area contributed by atoms with Crippen molar-refractivity contribution in [3.05, 3.63) is 23.3 Å². The zero-order valence-electron chi connectivity index (χ0n) is 12.1. The van der Waals surface area contributed by atoms with Crippen LogP contribution in [0.15, 0.2) is 17.0 Å². The molecule has 1 amide bonds. The summed E-state index contributed by atoms with van der Waals surface area (Å²) in [4.78, 5) is 12.3. The van der Waals surface area contributed by atoms with Gasteiger partial charge in [0.15, 0.2) is 0 Å². The molecule has 0 bridgehead atoms. The van der Waals surface area contributed by atoms with Crippen molar-refractivity contribution in [2.24, 2.45) is 5.92 Å². The number of ether oxygens (including phenoxy) is 1. The van der Waals surface area contributed by atoms with Gasteiger partial charge in [-0.25, -0.2) is 8.42 Å². The molecule has 1 N–H and O–H groups in total. The molecule has 116 valence electrons. The molecule has 1 heterocycles. The lowest BCUT2D eigenvalue weighted by Crippen LogP contribution is -2.28. The predicted molar refractivity (Wildman–Crippen MR) is 81.1 cm³/mol. The predicted octanol–water partition coefficient (Wildman–Crippen LogP) is 2.59. The van der Waals surface area contributed by atoms with E-state index >= 15 is 0 Å². The van der Waals surface area contributed by atoms with Gasteiger partial charge in [-0.05, 0) is 50.5 Å². The number of halogens is 1. The number of aryl methyl sites for hydroxylation is 2. The third-order valence-corrected chi connectivity index (χ3v) is 5.08. The number of anilines is 1. The van der Waals surface area contributed by atoms with Gasteiger partial charge >= 0.3 is 0 Å². The van der Waals surface area contributed by atoms with Gasteiger partial charge in [0, 0.05) is 23.0 Å². The first kappa shape index (κ1) is 16.3. The fourth-order valence-electron chi connectivity index (χ4n) is 2.55. The molecule has 2 atom stereocenters. The van der Waals surface area contributed by atoms with E-state index < -0.39 is 9.05 Å². The van der Waals surface area contributed by atoms with E-state index in [9.17, 15) is 13.2 Å². The van der Waals surface area contributed by atoms with Gasteiger partial charge in [0.05, 0.1) is 16.9 Å². The summed E-state index contributed by atoms with van der Waals surface area (Å²) in [5.74, 6) is -0.284. The first-order valence-corrected chi connectivity index (χ1v) is 8.99. The summed E-state index contributed by atoms with van der Waals surface area (Å²) in [5.41, 5.74) is 1.95. The highest BCUT2D eigenvalue weighted by molar-refractivity contribution is 8.13. The highest BCUT2D eigenvalue weighted by Gasteiger charge is 2.31. The minimum Gasteiger partial charge on any atom is -0.378 e. The van der Waals surface area contributed by atoms with Crippen molar-refractivity contribution in [1.82, 2.24) is 0 Å². The number of hydrogen-bond acceptors (Lipinski definition) is 4. The maximum atomic E-state index is 12.3. The van der Waals surface area contributed by atoms with Gasteiger partial charge in [-0.15, -0.1) is 0 Å². The standard InChI is InChI=1S/C14H18ClNO4S/c1-8-6-11(21(15,18)19)7-9(2)13(8)16-14(17)12-4-5-20-10(12)3/h6-7,10,12H,4-5H2,1-3H3,(H,16,17). The molecular formula is C14H18ClNO4S. The van der Waals surface area contributed by atoms with E-state index in [1.807, 2.05) is 6.92 Å². The molecular weight excluding hydrogens is 314 g/mol. The van der Waals surface area contributed by atoms with Crippen molar-refractivity contribution in [3.8, 4) is 0 Å². The van der Waals surface area contributed by atoms with Crippen LogP contribution in [0.2, 0.25) is 0 Å². The quantitative estimate of drug-likeness (QED) is 0.864. The third-order valence-electron chi connectivity index (χ3n) is 3.75. The molecule has 7 heteroatoms. The van der Waals surface area contributed by atoms with E-state index in [2.05, 4.69) is 5.32 Å². The molecule has 21 heavy (non-hydrogen) atoms. The second kappa shape index (κ2) is 5.94. The molecule has 1 saturated heterocycles. The van der Waals surface area contributed by atoms with Gasteiger partial charge in [-0.1, -0.05) is 0 Å². The summed E-state index contributed by atoms with van der Waals surface area (Å²) >= 11 is 0. The first-order chi connectivity index (χ1) is 9.70. The molecule has 1 aromatic carbocycles. The Labute approximate surface area is 129 Å². The summed E-state index contributed by atoms with van der Waals surface area (Å²) in [6, 6.07) is 2.92. The Bertz CT molecular complexity index is 649. The van der Waals surface area contributed by atoms with Crippen molar-refractivity contribution in [2.45, 2.75) is 38.2 Å². The van der Waals surface area contributed by atoms with Crippen LogP contribution in [0, 0.1) is 19.8 Å². The van der Waals surface area contributed by atoms with Crippen LogP contribution in [-0.2, 0) is 18.6 Å². The van der Waals surface area contributed by atoms with E-state index in [0.29, 0.717) is 29.8 Å². The number of benzene rings is 1. The normalized spacial score (nSPS) is 22.3. The van der Waals surface area contributed by atoms with Gasteiger partial charge in [0.25, 0.3) is 9.05 Å². The molecule has 0 saturated carbocycles. The van der Waals surface area contributed by atoms with Gasteiger partial charge in [-0.2, -0.15) is 0 Å². The Balaban J connectivity index is 2.27. The van der Waals surface area contributed by atoms with Gasteiger partial charge in [0.1, 0.15) is 0 Å². The van der Waals surface area contributed by atoms with Gasteiger partial charge < -0.3 is 10.1 Å². The lowest BCUT2D eigenvalue weighted by atomic mass is 10.0. The second-order valence-corrected chi connectivity index (χ2v) is 7.90. The molecule has 1 aliphatic rings. The van der Waals surface area contributed by atoms with Crippen molar-refractivity contribution >= 4 is 31.3 Å². The third kappa shape index (κ3) is 3.56. The van der Waals surface area contributed by atoms with Crippen molar-refractivity contribution in [2.75, 3.05) is 11.9 Å². The number of rotatable bonds is 3. The maximum absolute atomic E-state index is 12.3. The molecule has 0 aliphatic carbocycles. The Kier molecular flexibility index (Phi) is 4.60. The first-order valence-electron chi connectivity index (χ1n) is 6.68. The van der Waals surface area contributed by atoms with Crippen molar-refractivity contribution in [3.63, 3.8) is 0 Å². The summed E-state index contributed by atoms with van der Waals surface area (Å²) in [7, 11) is 1.57. The van der Waals surface area contributed by atoms with E-state index in [4.69, 9.17) is 15.4 Å². The molecule has 1 aliphatic heterocycles. The maximum Gasteiger partial charge on any atom is 0.261 e. The van der Waals surface area contributed by atoms with Crippen molar-refractivity contribution < 1.29 is 17.9 Å². The summed E-state index contributed by atoms with van der Waals surface area (Å²) in [5, 5.41) is 2.87. The molecule has 2 rings (SSSR count). The van der Waals surface area contributed by atoms with E-state index in [0.717, 1.165) is 0 Å². The largest absolute Gasteiger partial charge is 0.378 e. The molecule has 2 unspecified atom stereocenters. The van der Waals surface area contributed by atoms with Crippen molar-refractivity contribution in [1.29, 1.82) is 0 Å². The molecule has 0 spiro atoms. The smallest absolute Gasteiger partial charge is 0.261 e. The highest BCUT2D eigenvalue weighted by atomic mass is 35.7. The summed E-state index contributed by atoms with van der Waals surface area (Å²) in [6.45, 7) is 5.94. The van der Waals surface area contributed by atoms with Crippen LogP contribution in [0.5, 0.6) is 0 Å². The summed E-state index contributed by atoms with van der Waals surface area (Å²) in [6.07, 6.45) is 0.590. The Morgan fingerprint density at radius 2 is 1.90 bits per heavy atom. The average Bonchev–Trinajstić information content (AvgIpc) is 2.78. The minimum atomic E-state index is -3.78. The van der Waals surface area contributed by atoms with Crippen LogP contribution in [0.25, 0.3) is 0 Å². The Morgan fingerprint density at radius 1 is 1.33 bits per heavy atom. The molecule has 1 fully saturated rings. The van der Waals surface area contributed by atoms with Crippen LogP contribution in [0.1, 0.15) is 24.5 Å². The number of hydrogen-bond donors (Lipinski definition) is 1. The number of carbonyl (C=O) groups is 1. The number of nitrogens with one attached hydrogen (secondary N) is 1. The lowest BCUT2D eigenvalue weighted by Gasteiger charge is -2.17. The summed E-state index contributed by atoms with van der Waals surface area (Å²) < 4.78 is 28.2. The molecule has 5 nitrogen and oxygen atoms in total. The molecule has 1 aromatic rings. The van der Waals surface area contributed by atoms with E-state index in [-0.39, 0.29) is 22.8 Å². The van der Waals surface area contributed by atoms with Gasteiger partial charge in [0.2, 0.25) is 5.91 Å². The monoisotopic (exact) mass is 331 g/mol. The molecule has 0 aromatic heterocycles. The second-order valence-electron chi connectivity index (χ2n) is 5.33. The van der Waals surface area contributed by atoms with Crippen LogP contribution in [0.4, 0.5) is 5.69 Å². The van der Waals surface area contributed by atoms with Gasteiger partial charge in [-0.3, -0.25) is 4.79 Å². The lowest BCUT2D eigenvalue weighted by molar-refractivity contribution is -0.121. The van der Waals surface area contributed by atoms with Crippen LogP contribution in [0.3, 0.4) is 0 Å². The molecule has 0 radical (unpaired) electrons. The zero-order chi connectivity index (χ0) is 15.8. The highest BCUT2D eigenvalue weighted by Crippen LogP contribution is 2.28. The zero-order valence-corrected chi connectivity index (χ0v) is 13.7.